The Morgan fingerprint density at radius 1 is 1.06 bits per heavy atom. The lowest BCUT2D eigenvalue weighted by Crippen LogP contribution is -2.66. The highest BCUT2D eigenvalue weighted by atomic mass is 35.5. The van der Waals surface area contributed by atoms with Crippen LogP contribution in [0.4, 0.5) is 10.5 Å². The number of carbonyl (C=O) groups is 2. The molecule has 3 aliphatic heterocycles. The van der Waals surface area contributed by atoms with Gasteiger partial charge in [-0.25, -0.2) is 4.79 Å². The largest absolute Gasteiger partial charge is 0.497 e. The zero-order chi connectivity index (χ0) is 22.4. The Hall–Kier alpha value is -2.81. The number of rotatable bonds is 4. The second kappa shape index (κ2) is 8.27. The van der Waals surface area contributed by atoms with Gasteiger partial charge in [0.2, 0.25) is 0 Å². The van der Waals surface area contributed by atoms with Crippen molar-refractivity contribution in [3.8, 4) is 5.75 Å². The second-order valence-electron chi connectivity index (χ2n) is 8.36. The van der Waals surface area contributed by atoms with E-state index in [-0.39, 0.29) is 30.9 Å². The number of urea groups is 1. The fraction of sp³-hybridized carbons (Fsp3) is 0.391. The molecule has 32 heavy (non-hydrogen) atoms. The van der Waals surface area contributed by atoms with Gasteiger partial charge < -0.3 is 14.5 Å². The molecule has 3 amide bonds. The van der Waals surface area contributed by atoms with Crippen molar-refractivity contribution in [1.29, 1.82) is 0 Å². The van der Waals surface area contributed by atoms with E-state index in [0.717, 1.165) is 36.5 Å². The maximum Gasteiger partial charge on any atom is 0.328 e. The van der Waals surface area contributed by atoms with E-state index in [2.05, 4.69) is 15.1 Å². The van der Waals surface area contributed by atoms with Crippen molar-refractivity contribution >= 4 is 29.2 Å². The normalized spacial score (nSPS) is 25.7. The summed E-state index contributed by atoms with van der Waals surface area (Å²) < 4.78 is 5.28. The lowest BCUT2D eigenvalue weighted by molar-refractivity contribution is -0.139. The van der Waals surface area contributed by atoms with E-state index in [0.29, 0.717) is 5.02 Å². The lowest BCUT2D eigenvalue weighted by Gasteiger charge is -2.43. The monoisotopic (exact) mass is 455 g/mol. The number of imide groups is 1. The van der Waals surface area contributed by atoms with E-state index >= 15 is 0 Å². The third-order valence-corrected chi connectivity index (χ3v) is 6.78. The Bertz CT molecular complexity index is 1020. The molecule has 1 N–H and O–H groups in total. The number of amides is 3. The van der Waals surface area contributed by atoms with Crippen molar-refractivity contribution < 1.29 is 14.3 Å². The van der Waals surface area contributed by atoms with Crippen molar-refractivity contribution in [1.82, 2.24) is 20.0 Å². The van der Waals surface area contributed by atoms with Gasteiger partial charge in [0, 0.05) is 30.8 Å². The molecule has 8 nitrogen and oxygen atoms in total. The highest BCUT2D eigenvalue weighted by molar-refractivity contribution is 6.30. The standard InChI is InChI=1S/C23H26ClN5O3/c1-26-20-19(21(30)29(23(26)31)14-15-4-6-16(24)7-5-15)28-13-3-12-27(22(28)25-20)17-8-10-18(32-2)11-9-17/h4-11,19-20,22,25H,3,12-14H2,1-2H3. The van der Waals surface area contributed by atoms with E-state index in [1.165, 1.54) is 4.90 Å². The third kappa shape index (κ3) is 3.48. The molecule has 9 heteroatoms. The Labute approximate surface area is 192 Å². The number of likely N-dealkylation sites (N-methyl/N-ethyl adjacent to an activating group) is 1. The van der Waals surface area contributed by atoms with Gasteiger partial charge in [0.25, 0.3) is 5.91 Å². The van der Waals surface area contributed by atoms with Gasteiger partial charge in [0.1, 0.15) is 24.2 Å². The zero-order valence-electron chi connectivity index (χ0n) is 18.1. The van der Waals surface area contributed by atoms with Gasteiger partial charge >= 0.3 is 6.03 Å². The topological polar surface area (TPSA) is 68.4 Å². The molecule has 3 unspecified atom stereocenters. The molecule has 5 rings (SSSR count). The summed E-state index contributed by atoms with van der Waals surface area (Å²) in [7, 11) is 3.40. The summed E-state index contributed by atoms with van der Waals surface area (Å²) in [4.78, 5) is 34.1. The SMILES string of the molecule is COc1ccc(N2CCCN3C4C(=O)N(Cc5ccc(Cl)cc5)C(=O)N(C)C4NC23)cc1. The minimum atomic E-state index is -0.434. The number of methoxy groups -OCH3 is 1. The molecule has 2 aromatic rings. The number of nitrogens with zero attached hydrogens (tertiary/aromatic N) is 4. The molecule has 3 fully saturated rings. The van der Waals surface area contributed by atoms with Crippen LogP contribution < -0.4 is 15.0 Å². The molecule has 0 radical (unpaired) electrons. The molecule has 3 aliphatic rings. The summed E-state index contributed by atoms with van der Waals surface area (Å²) >= 11 is 5.98. The van der Waals surface area contributed by atoms with Crippen LogP contribution >= 0.6 is 11.6 Å². The summed E-state index contributed by atoms with van der Waals surface area (Å²) in [5.74, 6) is 0.633. The summed E-state index contributed by atoms with van der Waals surface area (Å²) in [5, 5.41) is 4.16. The summed E-state index contributed by atoms with van der Waals surface area (Å²) in [6, 6.07) is 14.4. The number of halogens is 1. The highest BCUT2D eigenvalue weighted by Gasteiger charge is 2.56. The first-order valence-electron chi connectivity index (χ1n) is 10.7. The molecule has 0 saturated carbocycles. The first kappa shape index (κ1) is 21.1. The molecule has 3 saturated heterocycles. The molecule has 3 heterocycles. The third-order valence-electron chi connectivity index (χ3n) is 6.53. The zero-order valence-corrected chi connectivity index (χ0v) is 18.8. The van der Waals surface area contributed by atoms with Gasteiger partial charge in [-0.05, 0) is 48.4 Å². The van der Waals surface area contributed by atoms with Gasteiger partial charge in [0.15, 0.2) is 0 Å². The van der Waals surface area contributed by atoms with Gasteiger partial charge in [-0.15, -0.1) is 0 Å². The summed E-state index contributed by atoms with van der Waals surface area (Å²) in [6.45, 7) is 1.87. The van der Waals surface area contributed by atoms with Crippen LogP contribution in [0, 0.1) is 0 Å². The van der Waals surface area contributed by atoms with Crippen molar-refractivity contribution in [3.05, 3.63) is 59.1 Å². The number of hydrogen-bond donors (Lipinski definition) is 1. The van der Waals surface area contributed by atoms with Crippen molar-refractivity contribution in [2.45, 2.75) is 31.5 Å². The predicted molar refractivity (Wildman–Crippen MR) is 121 cm³/mol. The first-order valence-corrected chi connectivity index (χ1v) is 11.1. The van der Waals surface area contributed by atoms with Crippen LogP contribution in [0.2, 0.25) is 5.02 Å². The summed E-state index contributed by atoms with van der Waals surface area (Å²) in [5.41, 5.74) is 1.91. The number of ether oxygens (including phenoxy) is 1. The summed E-state index contributed by atoms with van der Waals surface area (Å²) in [6.07, 6.45) is 0.386. The quantitative estimate of drug-likeness (QED) is 0.764. The number of benzene rings is 2. The van der Waals surface area contributed by atoms with Crippen molar-refractivity contribution in [3.63, 3.8) is 0 Å². The van der Waals surface area contributed by atoms with Gasteiger partial charge in [-0.1, -0.05) is 23.7 Å². The molecule has 0 bridgehead atoms. The lowest BCUT2D eigenvalue weighted by atomic mass is 10.1. The number of nitrogens with one attached hydrogen (secondary N) is 1. The number of fused-ring (bicyclic) bond motifs is 3. The molecule has 2 aromatic carbocycles. The number of carbonyl (C=O) groups excluding carboxylic acids is 2. The minimum Gasteiger partial charge on any atom is -0.497 e. The average Bonchev–Trinajstić information content (AvgIpc) is 3.22. The van der Waals surface area contributed by atoms with Crippen molar-refractivity contribution in [2.75, 3.05) is 32.1 Å². The van der Waals surface area contributed by atoms with E-state index < -0.39 is 6.04 Å². The maximum absolute atomic E-state index is 13.6. The predicted octanol–water partition coefficient (Wildman–Crippen LogP) is 2.54. The van der Waals surface area contributed by atoms with Crippen molar-refractivity contribution in [2.24, 2.45) is 0 Å². The molecular weight excluding hydrogens is 430 g/mol. The van der Waals surface area contributed by atoms with E-state index in [9.17, 15) is 9.59 Å². The smallest absolute Gasteiger partial charge is 0.328 e. The fourth-order valence-electron chi connectivity index (χ4n) is 4.88. The van der Waals surface area contributed by atoms with Crippen LogP contribution in [0.25, 0.3) is 0 Å². The number of hydrogen-bond acceptors (Lipinski definition) is 6. The Morgan fingerprint density at radius 3 is 2.47 bits per heavy atom. The molecular formula is C23H26ClN5O3. The van der Waals surface area contributed by atoms with Gasteiger partial charge in [-0.2, -0.15) is 0 Å². The Kier molecular flexibility index (Phi) is 5.44. The average molecular weight is 456 g/mol. The van der Waals surface area contributed by atoms with Gasteiger partial charge in [0.05, 0.1) is 13.7 Å². The van der Waals surface area contributed by atoms with Gasteiger partial charge in [-0.3, -0.25) is 19.9 Å². The highest BCUT2D eigenvalue weighted by Crippen LogP contribution is 2.34. The Balaban J connectivity index is 1.41. The van der Waals surface area contributed by atoms with Crippen LogP contribution in [-0.2, 0) is 11.3 Å². The van der Waals surface area contributed by atoms with Crippen LogP contribution in [-0.4, -0.2) is 72.4 Å². The number of anilines is 1. The second-order valence-corrected chi connectivity index (χ2v) is 8.79. The van der Waals surface area contributed by atoms with E-state index in [4.69, 9.17) is 16.3 Å². The molecule has 3 atom stereocenters. The fourth-order valence-corrected chi connectivity index (χ4v) is 5.00. The van der Waals surface area contributed by atoms with Crippen LogP contribution in [0.5, 0.6) is 5.75 Å². The molecule has 0 spiro atoms. The van der Waals surface area contributed by atoms with Crippen LogP contribution in [0.15, 0.2) is 48.5 Å². The molecule has 0 aromatic heterocycles. The Morgan fingerprint density at radius 2 is 1.78 bits per heavy atom. The maximum atomic E-state index is 13.6. The molecule has 0 aliphatic carbocycles. The van der Waals surface area contributed by atoms with Crippen LogP contribution in [0.3, 0.4) is 0 Å². The van der Waals surface area contributed by atoms with E-state index in [1.54, 1.807) is 31.2 Å². The molecule has 168 valence electrons. The van der Waals surface area contributed by atoms with E-state index in [1.807, 2.05) is 36.4 Å². The first-order chi connectivity index (χ1) is 15.5. The minimum absolute atomic E-state index is 0.165. The van der Waals surface area contributed by atoms with Crippen LogP contribution in [0.1, 0.15) is 12.0 Å².